The topological polar surface area (TPSA) is 42.7 Å². The number of aromatic nitrogens is 3. The van der Waals surface area contributed by atoms with E-state index in [1.54, 1.807) is 6.33 Å². The first-order valence-electron chi connectivity index (χ1n) is 7.04. The lowest BCUT2D eigenvalue weighted by Crippen LogP contribution is -2.31. The molecule has 1 aromatic heterocycles. The molecule has 4 nitrogen and oxygen atoms in total. The van der Waals surface area contributed by atoms with Crippen LogP contribution >= 0.6 is 27.7 Å². The summed E-state index contributed by atoms with van der Waals surface area (Å²) < 4.78 is 3.14. The fourth-order valence-electron chi connectivity index (χ4n) is 2.07. The Morgan fingerprint density at radius 3 is 2.76 bits per heavy atom. The fraction of sp³-hybridized carbons (Fsp3) is 0.467. The zero-order valence-corrected chi connectivity index (χ0v) is 15.0. The minimum atomic E-state index is 0.343. The molecule has 0 radical (unpaired) electrons. The second-order valence-electron chi connectivity index (χ2n) is 5.15. The summed E-state index contributed by atoms with van der Waals surface area (Å²) in [5.74, 6) is 2.03. The van der Waals surface area contributed by atoms with Crippen LogP contribution in [0.4, 0.5) is 0 Å². The smallest absolute Gasteiger partial charge is 0.138 e. The van der Waals surface area contributed by atoms with Crippen molar-refractivity contribution in [3.63, 3.8) is 0 Å². The SMILES string of the molecule is CNC(CSc1ccccc1Br)Cc1ncnn1C(C)C. The molecular formula is C15H21BrN4S. The minimum absolute atomic E-state index is 0.343. The number of thioether (sulfide) groups is 1. The molecule has 0 amide bonds. The van der Waals surface area contributed by atoms with Gasteiger partial charge in [-0.25, -0.2) is 9.67 Å². The van der Waals surface area contributed by atoms with Crippen molar-refractivity contribution in [1.82, 2.24) is 20.1 Å². The molecular weight excluding hydrogens is 348 g/mol. The van der Waals surface area contributed by atoms with Gasteiger partial charge in [0.15, 0.2) is 0 Å². The van der Waals surface area contributed by atoms with Crippen LogP contribution in [0.5, 0.6) is 0 Å². The molecule has 0 bridgehead atoms. The monoisotopic (exact) mass is 368 g/mol. The van der Waals surface area contributed by atoms with Gasteiger partial charge in [0.1, 0.15) is 12.2 Å². The van der Waals surface area contributed by atoms with E-state index in [2.05, 4.69) is 63.4 Å². The summed E-state index contributed by atoms with van der Waals surface area (Å²) in [6.45, 7) is 4.25. The highest BCUT2D eigenvalue weighted by atomic mass is 79.9. The Labute approximate surface area is 138 Å². The second kappa shape index (κ2) is 7.96. The highest BCUT2D eigenvalue weighted by molar-refractivity contribution is 9.10. The summed E-state index contributed by atoms with van der Waals surface area (Å²) in [6.07, 6.45) is 2.52. The van der Waals surface area contributed by atoms with Crippen molar-refractivity contribution in [3.8, 4) is 0 Å². The molecule has 1 unspecified atom stereocenters. The molecule has 114 valence electrons. The molecule has 0 saturated heterocycles. The largest absolute Gasteiger partial charge is 0.316 e. The summed E-state index contributed by atoms with van der Waals surface area (Å²) in [4.78, 5) is 5.66. The molecule has 0 aliphatic heterocycles. The van der Waals surface area contributed by atoms with Crippen LogP contribution in [0.1, 0.15) is 25.7 Å². The van der Waals surface area contributed by atoms with Crippen molar-refractivity contribution in [1.29, 1.82) is 0 Å². The van der Waals surface area contributed by atoms with Gasteiger partial charge in [0.2, 0.25) is 0 Å². The summed E-state index contributed by atoms with van der Waals surface area (Å²) in [7, 11) is 2.00. The van der Waals surface area contributed by atoms with E-state index in [9.17, 15) is 0 Å². The summed E-state index contributed by atoms with van der Waals surface area (Å²) >= 11 is 5.44. The van der Waals surface area contributed by atoms with E-state index in [0.717, 1.165) is 22.5 Å². The summed E-state index contributed by atoms with van der Waals surface area (Å²) in [6, 6.07) is 9.02. The first-order chi connectivity index (χ1) is 10.1. The molecule has 6 heteroatoms. The highest BCUT2D eigenvalue weighted by Gasteiger charge is 2.14. The van der Waals surface area contributed by atoms with Gasteiger partial charge in [-0.2, -0.15) is 5.10 Å². The predicted octanol–water partition coefficient (Wildman–Crippen LogP) is 3.54. The van der Waals surface area contributed by atoms with Gasteiger partial charge in [-0.3, -0.25) is 0 Å². The maximum Gasteiger partial charge on any atom is 0.138 e. The van der Waals surface area contributed by atoms with Crippen LogP contribution in [-0.4, -0.2) is 33.6 Å². The zero-order valence-electron chi connectivity index (χ0n) is 12.6. The lowest BCUT2D eigenvalue weighted by molar-refractivity contribution is 0.484. The molecule has 21 heavy (non-hydrogen) atoms. The lowest BCUT2D eigenvalue weighted by atomic mass is 10.2. The Balaban J connectivity index is 1.97. The van der Waals surface area contributed by atoms with Gasteiger partial charge >= 0.3 is 0 Å². The Bertz CT molecular complexity index is 570. The predicted molar refractivity (Wildman–Crippen MR) is 91.8 cm³/mol. The Kier molecular flexibility index (Phi) is 6.26. The molecule has 1 atom stereocenters. The number of halogens is 1. The number of likely N-dealkylation sites (N-methyl/N-ethyl adjacent to an activating group) is 1. The molecule has 2 rings (SSSR count). The van der Waals surface area contributed by atoms with Crippen LogP contribution < -0.4 is 5.32 Å². The van der Waals surface area contributed by atoms with E-state index in [4.69, 9.17) is 0 Å². The number of nitrogens with one attached hydrogen (secondary N) is 1. The minimum Gasteiger partial charge on any atom is -0.316 e. The number of nitrogens with zero attached hydrogens (tertiary/aromatic N) is 3. The quantitative estimate of drug-likeness (QED) is 0.758. The Hall–Kier alpha value is -0.850. The van der Waals surface area contributed by atoms with Crippen molar-refractivity contribution in [2.75, 3.05) is 12.8 Å². The van der Waals surface area contributed by atoms with E-state index in [1.807, 2.05) is 29.6 Å². The molecule has 0 aliphatic carbocycles. The van der Waals surface area contributed by atoms with Gasteiger partial charge < -0.3 is 5.32 Å². The van der Waals surface area contributed by atoms with Gasteiger partial charge in [-0.1, -0.05) is 12.1 Å². The van der Waals surface area contributed by atoms with Crippen molar-refractivity contribution >= 4 is 27.7 Å². The van der Waals surface area contributed by atoms with Crippen LogP contribution in [-0.2, 0) is 6.42 Å². The molecule has 1 N–H and O–H groups in total. The van der Waals surface area contributed by atoms with Gasteiger partial charge in [-0.05, 0) is 49.0 Å². The molecule has 0 spiro atoms. The third-order valence-electron chi connectivity index (χ3n) is 3.25. The van der Waals surface area contributed by atoms with Crippen LogP contribution in [0, 0.1) is 0 Å². The molecule has 1 heterocycles. The molecule has 0 saturated carbocycles. The average Bonchev–Trinajstić information content (AvgIpc) is 2.93. The first kappa shape index (κ1) is 16.5. The maximum atomic E-state index is 4.39. The summed E-state index contributed by atoms with van der Waals surface area (Å²) in [5, 5.41) is 7.68. The Morgan fingerprint density at radius 2 is 2.10 bits per heavy atom. The zero-order chi connectivity index (χ0) is 15.2. The second-order valence-corrected chi connectivity index (χ2v) is 7.06. The molecule has 0 fully saturated rings. The van der Waals surface area contributed by atoms with E-state index in [1.165, 1.54) is 4.90 Å². The van der Waals surface area contributed by atoms with Gasteiger partial charge in [-0.15, -0.1) is 11.8 Å². The average molecular weight is 369 g/mol. The third kappa shape index (κ3) is 4.56. The van der Waals surface area contributed by atoms with E-state index in [0.29, 0.717) is 12.1 Å². The van der Waals surface area contributed by atoms with E-state index < -0.39 is 0 Å². The number of rotatable bonds is 7. The van der Waals surface area contributed by atoms with Crippen LogP contribution in [0.2, 0.25) is 0 Å². The highest BCUT2D eigenvalue weighted by Crippen LogP contribution is 2.27. The number of hydrogen-bond acceptors (Lipinski definition) is 4. The standard InChI is InChI=1S/C15H21BrN4S/c1-11(2)20-15(18-10-19-20)8-12(17-3)9-21-14-7-5-4-6-13(14)16/h4-7,10-12,17H,8-9H2,1-3H3. The van der Waals surface area contributed by atoms with E-state index >= 15 is 0 Å². The first-order valence-corrected chi connectivity index (χ1v) is 8.82. The molecule has 1 aromatic carbocycles. The normalized spacial score (nSPS) is 12.8. The van der Waals surface area contributed by atoms with Crippen LogP contribution in [0.15, 0.2) is 40.0 Å². The molecule has 0 aliphatic rings. The van der Waals surface area contributed by atoms with E-state index in [-0.39, 0.29) is 0 Å². The Morgan fingerprint density at radius 1 is 1.33 bits per heavy atom. The maximum absolute atomic E-state index is 4.39. The van der Waals surface area contributed by atoms with Crippen molar-refractivity contribution in [3.05, 3.63) is 40.9 Å². The van der Waals surface area contributed by atoms with Gasteiger partial charge in [0.25, 0.3) is 0 Å². The van der Waals surface area contributed by atoms with Gasteiger partial charge in [0.05, 0.1) is 0 Å². The fourth-order valence-corrected chi connectivity index (χ4v) is 3.74. The van der Waals surface area contributed by atoms with Crippen molar-refractivity contribution in [2.45, 2.75) is 37.2 Å². The number of hydrogen-bond donors (Lipinski definition) is 1. The van der Waals surface area contributed by atoms with Gasteiger partial charge in [0, 0.05) is 33.6 Å². The van der Waals surface area contributed by atoms with Crippen molar-refractivity contribution < 1.29 is 0 Å². The third-order valence-corrected chi connectivity index (χ3v) is 5.44. The number of benzene rings is 1. The summed E-state index contributed by atoms with van der Waals surface area (Å²) in [5.41, 5.74) is 0. The van der Waals surface area contributed by atoms with Crippen LogP contribution in [0.3, 0.4) is 0 Å². The lowest BCUT2D eigenvalue weighted by Gasteiger charge is -2.17. The van der Waals surface area contributed by atoms with Crippen molar-refractivity contribution in [2.24, 2.45) is 0 Å². The molecule has 2 aromatic rings. The van der Waals surface area contributed by atoms with Crippen LogP contribution in [0.25, 0.3) is 0 Å².